The largest absolute Gasteiger partial charge is 0.364 e. The van der Waals surface area contributed by atoms with Crippen LogP contribution in [0.5, 0.6) is 0 Å². The molecule has 0 radical (unpaired) electrons. The lowest BCUT2D eigenvalue weighted by molar-refractivity contribution is 0.0996. The van der Waals surface area contributed by atoms with Gasteiger partial charge in [0.25, 0.3) is 5.91 Å². The predicted molar refractivity (Wildman–Crippen MR) is 115 cm³/mol. The highest BCUT2D eigenvalue weighted by Gasteiger charge is 2.31. The fourth-order valence-electron chi connectivity index (χ4n) is 3.42. The van der Waals surface area contributed by atoms with Gasteiger partial charge in [0.2, 0.25) is 0 Å². The minimum absolute atomic E-state index is 0.0189. The van der Waals surface area contributed by atoms with Gasteiger partial charge in [-0.15, -0.1) is 0 Å². The van der Waals surface area contributed by atoms with Crippen LogP contribution >= 0.6 is 22.2 Å². The number of carbonyl (C=O) groups is 1. The van der Waals surface area contributed by atoms with Crippen LogP contribution in [-0.2, 0) is 0 Å². The van der Waals surface area contributed by atoms with Gasteiger partial charge >= 0.3 is 0 Å². The molecule has 0 bridgehead atoms. The number of aromatic amines is 1. The number of amides is 1. The Labute approximate surface area is 173 Å². The van der Waals surface area contributed by atoms with E-state index in [4.69, 9.17) is 23.1 Å². The second-order valence-electron chi connectivity index (χ2n) is 7.11. The van der Waals surface area contributed by atoms with E-state index in [-0.39, 0.29) is 29.2 Å². The van der Waals surface area contributed by atoms with Gasteiger partial charge in [0.1, 0.15) is 11.5 Å². The van der Waals surface area contributed by atoms with E-state index in [9.17, 15) is 13.9 Å². The van der Waals surface area contributed by atoms with Gasteiger partial charge in [-0.1, -0.05) is 11.6 Å². The van der Waals surface area contributed by atoms with Crippen molar-refractivity contribution in [1.82, 2.24) is 15.0 Å². The number of carbonyl (C=O) groups excluding carboxylic acids is 1. The van der Waals surface area contributed by atoms with Crippen molar-refractivity contribution in [2.75, 3.05) is 16.8 Å². The quantitative estimate of drug-likeness (QED) is 0.366. The van der Waals surface area contributed by atoms with Gasteiger partial charge < -0.3 is 21.8 Å². The molecule has 1 amide bonds. The van der Waals surface area contributed by atoms with Crippen LogP contribution in [-0.4, -0.2) is 53.6 Å². The zero-order chi connectivity index (χ0) is 20.8. The number of aromatic nitrogens is 3. The maximum Gasteiger partial charge on any atom is 0.269 e. The summed E-state index contributed by atoms with van der Waals surface area (Å²) in [6.07, 6.45) is 1.87. The summed E-state index contributed by atoms with van der Waals surface area (Å²) >= 11 is 6.05. The Hall–Kier alpha value is -2.37. The van der Waals surface area contributed by atoms with Crippen molar-refractivity contribution in [3.05, 3.63) is 41.2 Å². The number of benzene rings is 1. The molecule has 2 aromatic heterocycles. The van der Waals surface area contributed by atoms with Crippen LogP contribution in [0.1, 0.15) is 16.9 Å². The lowest BCUT2D eigenvalue weighted by atomic mass is 10.1. The monoisotopic (exact) mass is 436 g/mol. The van der Waals surface area contributed by atoms with E-state index in [0.29, 0.717) is 28.7 Å². The lowest BCUT2D eigenvalue weighted by Crippen LogP contribution is -2.48. The molecule has 2 atom stereocenters. The van der Waals surface area contributed by atoms with Crippen LogP contribution in [0.3, 0.4) is 0 Å². The van der Waals surface area contributed by atoms with Crippen molar-refractivity contribution in [1.29, 1.82) is 0 Å². The number of nitrogens with one attached hydrogen (secondary N) is 2. The number of hydrogen-bond donors (Lipinski definition) is 6. The molecule has 154 valence electrons. The molecule has 0 spiro atoms. The summed E-state index contributed by atoms with van der Waals surface area (Å²) in [6, 6.07) is 6.55. The summed E-state index contributed by atoms with van der Waals surface area (Å²) in [7, 11) is -2.67. The zero-order valence-corrected chi connectivity index (χ0v) is 16.9. The number of nitrogens with zero attached hydrogens (tertiary/aromatic N) is 2. The fraction of sp³-hybridized carbons (Fsp3) is 0.278. The van der Waals surface area contributed by atoms with Crippen LogP contribution in [0, 0.1) is 0 Å². The summed E-state index contributed by atoms with van der Waals surface area (Å²) in [5.41, 5.74) is 13.3. The number of halogens is 1. The Morgan fingerprint density at radius 3 is 2.90 bits per heavy atom. The summed E-state index contributed by atoms with van der Waals surface area (Å²) in [5.74, 6) is 0.0772. The standard InChI is InChI=1S/C18H21ClN6O3S/c19-10-1-2-12-9(5-10)6-13(23-12)16-17(18(21)26)22-7-15(25-16)24-14-8-29(27,28)4-3-11(14)20/h1-2,5-7,11,14,23,27-28H,3-4,8,20H2,(H2,21,26)(H,24,25)/t11-,14+/m0/s1. The third-order valence-corrected chi connectivity index (χ3v) is 6.94. The first-order valence-corrected chi connectivity index (χ1v) is 11.2. The second kappa shape index (κ2) is 7.47. The molecule has 1 fully saturated rings. The molecule has 3 heterocycles. The molecule has 11 heteroatoms. The molecular weight excluding hydrogens is 416 g/mol. The van der Waals surface area contributed by atoms with Crippen molar-refractivity contribution in [2.45, 2.75) is 18.5 Å². The number of rotatable bonds is 4. The summed E-state index contributed by atoms with van der Waals surface area (Å²) in [5, 5.41) is 4.56. The summed E-state index contributed by atoms with van der Waals surface area (Å²) in [6.45, 7) is 0. The maximum absolute atomic E-state index is 11.9. The predicted octanol–water partition coefficient (Wildman–Crippen LogP) is 2.64. The van der Waals surface area contributed by atoms with Crippen molar-refractivity contribution >= 4 is 44.8 Å². The van der Waals surface area contributed by atoms with Gasteiger partial charge in [-0.2, -0.15) is 10.6 Å². The third kappa shape index (κ3) is 4.16. The highest BCUT2D eigenvalue weighted by molar-refractivity contribution is 8.24. The molecule has 0 unspecified atom stereocenters. The number of anilines is 1. The lowest BCUT2D eigenvalue weighted by Gasteiger charge is -2.43. The van der Waals surface area contributed by atoms with Gasteiger partial charge in [0, 0.05) is 27.7 Å². The fourth-order valence-corrected chi connectivity index (χ4v) is 5.32. The Bertz CT molecular complexity index is 1090. The van der Waals surface area contributed by atoms with Gasteiger partial charge in [-0.05, 0) is 30.7 Å². The first kappa shape index (κ1) is 19.9. The average molecular weight is 437 g/mol. The highest BCUT2D eigenvalue weighted by atomic mass is 35.5. The van der Waals surface area contributed by atoms with Gasteiger partial charge in [-0.25, -0.2) is 9.97 Å². The molecule has 1 aromatic carbocycles. The molecule has 29 heavy (non-hydrogen) atoms. The van der Waals surface area contributed by atoms with Crippen molar-refractivity contribution in [3.8, 4) is 11.4 Å². The van der Waals surface area contributed by atoms with E-state index in [1.807, 2.05) is 12.1 Å². The van der Waals surface area contributed by atoms with Gasteiger partial charge in [0.15, 0.2) is 5.69 Å². The molecule has 3 aromatic rings. The number of hydrogen-bond acceptors (Lipinski definition) is 7. The minimum Gasteiger partial charge on any atom is -0.364 e. The van der Waals surface area contributed by atoms with Crippen molar-refractivity contribution in [2.24, 2.45) is 11.5 Å². The molecule has 0 aliphatic carbocycles. The SMILES string of the molecule is NC(=O)c1ncc(N[C@@H]2CS(O)(O)CC[C@@H]2N)nc1-c1cc2cc(Cl)ccc2[nH]1. The van der Waals surface area contributed by atoms with E-state index in [2.05, 4.69) is 20.3 Å². The molecule has 0 saturated carbocycles. The summed E-state index contributed by atoms with van der Waals surface area (Å²) < 4.78 is 20.0. The Balaban J connectivity index is 1.71. The van der Waals surface area contributed by atoms with Crippen LogP contribution in [0.15, 0.2) is 30.5 Å². The minimum atomic E-state index is -2.67. The molecule has 4 rings (SSSR count). The van der Waals surface area contributed by atoms with Gasteiger partial charge in [-0.3, -0.25) is 13.9 Å². The Morgan fingerprint density at radius 2 is 2.14 bits per heavy atom. The number of fused-ring (bicyclic) bond motifs is 1. The van der Waals surface area contributed by atoms with Crippen molar-refractivity contribution in [3.63, 3.8) is 0 Å². The van der Waals surface area contributed by atoms with Crippen LogP contribution < -0.4 is 16.8 Å². The topological polar surface area (TPSA) is 163 Å². The molecule has 1 saturated heterocycles. The molecular formula is C18H21ClN6O3S. The normalized spacial score (nSPS) is 22.3. The van der Waals surface area contributed by atoms with Gasteiger partial charge in [0.05, 0.1) is 23.7 Å². The molecule has 9 nitrogen and oxygen atoms in total. The maximum atomic E-state index is 11.9. The third-order valence-electron chi connectivity index (χ3n) is 4.92. The first-order valence-electron chi connectivity index (χ1n) is 8.93. The van der Waals surface area contributed by atoms with Crippen LogP contribution in [0.4, 0.5) is 5.82 Å². The molecule has 1 aliphatic rings. The first-order chi connectivity index (χ1) is 13.7. The van der Waals surface area contributed by atoms with Crippen molar-refractivity contribution < 1.29 is 13.9 Å². The molecule has 8 N–H and O–H groups in total. The smallest absolute Gasteiger partial charge is 0.269 e. The summed E-state index contributed by atoms with van der Waals surface area (Å²) in [4.78, 5) is 23.7. The number of H-pyrrole nitrogens is 1. The van der Waals surface area contributed by atoms with E-state index >= 15 is 0 Å². The van der Waals surface area contributed by atoms with E-state index < -0.39 is 16.5 Å². The van der Waals surface area contributed by atoms with E-state index in [1.54, 1.807) is 12.1 Å². The Kier molecular flexibility index (Phi) is 5.13. The van der Waals surface area contributed by atoms with Crippen LogP contribution in [0.2, 0.25) is 5.02 Å². The average Bonchev–Trinajstić information content (AvgIpc) is 3.07. The second-order valence-corrected chi connectivity index (χ2v) is 9.89. The van der Waals surface area contributed by atoms with E-state index in [0.717, 1.165) is 10.9 Å². The van der Waals surface area contributed by atoms with Crippen LogP contribution in [0.25, 0.3) is 22.3 Å². The molecule has 1 aliphatic heterocycles. The van der Waals surface area contributed by atoms with E-state index in [1.165, 1.54) is 6.20 Å². The number of nitrogens with two attached hydrogens (primary N) is 2. The zero-order valence-electron chi connectivity index (χ0n) is 15.3. The highest BCUT2D eigenvalue weighted by Crippen LogP contribution is 2.44. The Morgan fingerprint density at radius 1 is 1.34 bits per heavy atom. The number of primary amides is 1.